The first-order valence-electron chi connectivity index (χ1n) is 6.84. The van der Waals surface area contributed by atoms with Crippen LogP contribution in [0.2, 0.25) is 0 Å². The zero-order valence-corrected chi connectivity index (χ0v) is 12.6. The SMILES string of the molecule is CCCOc1ccccc1C(O)C(OC)C(C)(C)C. The lowest BCUT2D eigenvalue weighted by atomic mass is 9.83. The fourth-order valence-electron chi connectivity index (χ4n) is 2.19. The number of hydrogen-bond donors (Lipinski definition) is 1. The van der Waals surface area contributed by atoms with Gasteiger partial charge in [-0.15, -0.1) is 0 Å². The Bertz CT molecular complexity index is 382. The predicted octanol–water partition coefficient (Wildman–Crippen LogP) is 3.57. The number of ether oxygens (including phenoxy) is 2. The molecular formula is C16H26O3. The van der Waals surface area contributed by atoms with Crippen LogP contribution in [0.15, 0.2) is 24.3 Å². The Morgan fingerprint density at radius 1 is 1.21 bits per heavy atom. The van der Waals surface area contributed by atoms with E-state index in [4.69, 9.17) is 9.47 Å². The fraction of sp³-hybridized carbons (Fsp3) is 0.625. The number of rotatable bonds is 6. The van der Waals surface area contributed by atoms with Gasteiger partial charge < -0.3 is 14.6 Å². The fourth-order valence-corrected chi connectivity index (χ4v) is 2.19. The second-order valence-corrected chi connectivity index (χ2v) is 5.85. The van der Waals surface area contributed by atoms with Crippen molar-refractivity contribution in [2.24, 2.45) is 5.41 Å². The maximum atomic E-state index is 10.6. The van der Waals surface area contributed by atoms with Crippen LogP contribution in [0.25, 0.3) is 0 Å². The topological polar surface area (TPSA) is 38.7 Å². The lowest BCUT2D eigenvalue weighted by Gasteiger charge is -2.33. The van der Waals surface area contributed by atoms with Crippen molar-refractivity contribution in [2.45, 2.75) is 46.3 Å². The molecule has 2 atom stereocenters. The van der Waals surface area contributed by atoms with Crippen molar-refractivity contribution in [2.75, 3.05) is 13.7 Å². The summed E-state index contributed by atoms with van der Waals surface area (Å²) in [4.78, 5) is 0. The van der Waals surface area contributed by atoms with E-state index < -0.39 is 6.10 Å². The number of hydrogen-bond acceptors (Lipinski definition) is 3. The second-order valence-electron chi connectivity index (χ2n) is 5.85. The average molecular weight is 266 g/mol. The van der Waals surface area contributed by atoms with E-state index in [9.17, 15) is 5.11 Å². The highest BCUT2D eigenvalue weighted by molar-refractivity contribution is 5.36. The molecule has 0 aliphatic rings. The van der Waals surface area contributed by atoms with Gasteiger partial charge >= 0.3 is 0 Å². The van der Waals surface area contributed by atoms with Crippen molar-refractivity contribution < 1.29 is 14.6 Å². The summed E-state index contributed by atoms with van der Waals surface area (Å²) in [5.41, 5.74) is 0.643. The summed E-state index contributed by atoms with van der Waals surface area (Å²) >= 11 is 0. The molecule has 0 aliphatic heterocycles. The zero-order chi connectivity index (χ0) is 14.5. The molecule has 0 spiro atoms. The van der Waals surface area contributed by atoms with Gasteiger partial charge in [0.05, 0.1) is 12.7 Å². The lowest BCUT2D eigenvalue weighted by molar-refractivity contribution is -0.0731. The molecule has 0 saturated heterocycles. The first-order chi connectivity index (χ1) is 8.91. The van der Waals surface area contributed by atoms with Gasteiger partial charge in [-0.2, -0.15) is 0 Å². The van der Waals surface area contributed by atoms with Crippen molar-refractivity contribution >= 4 is 0 Å². The van der Waals surface area contributed by atoms with Crippen molar-refractivity contribution in [3.63, 3.8) is 0 Å². The molecule has 3 heteroatoms. The molecule has 2 unspecified atom stereocenters. The van der Waals surface area contributed by atoms with Crippen LogP contribution in [0.5, 0.6) is 5.75 Å². The van der Waals surface area contributed by atoms with Crippen LogP contribution in [-0.4, -0.2) is 24.9 Å². The predicted molar refractivity (Wildman–Crippen MR) is 77.4 cm³/mol. The minimum absolute atomic E-state index is 0.147. The normalized spacial score (nSPS) is 15.1. The number of aliphatic hydroxyl groups excluding tert-OH is 1. The van der Waals surface area contributed by atoms with Crippen LogP contribution in [-0.2, 0) is 4.74 Å². The molecule has 0 amide bonds. The monoisotopic (exact) mass is 266 g/mol. The number of aliphatic hydroxyl groups is 1. The van der Waals surface area contributed by atoms with Gasteiger partial charge in [0.1, 0.15) is 11.9 Å². The van der Waals surface area contributed by atoms with Gasteiger partial charge in [-0.3, -0.25) is 0 Å². The highest BCUT2D eigenvalue weighted by atomic mass is 16.5. The van der Waals surface area contributed by atoms with Gasteiger partial charge in [-0.25, -0.2) is 0 Å². The molecule has 0 aliphatic carbocycles. The van der Waals surface area contributed by atoms with E-state index in [-0.39, 0.29) is 11.5 Å². The Balaban J connectivity index is 3.00. The van der Waals surface area contributed by atoms with E-state index in [0.717, 1.165) is 17.7 Å². The van der Waals surface area contributed by atoms with Gasteiger partial charge in [0.25, 0.3) is 0 Å². The van der Waals surface area contributed by atoms with E-state index >= 15 is 0 Å². The van der Waals surface area contributed by atoms with Gasteiger partial charge in [0.15, 0.2) is 0 Å². The molecule has 108 valence electrons. The lowest BCUT2D eigenvalue weighted by Crippen LogP contribution is -2.34. The smallest absolute Gasteiger partial charge is 0.125 e. The third-order valence-corrected chi connectivity index (χ3v) is 3.09. The summed E-state index contributed by atoms with van der Waals surface area (Å²) in [6.45, 7) is 8.88. The Hall–Kier alpha value is -1.06. The second kappa shape index (κ2) is 6.92. The molecule has 1 N–H and O–H groups in total. The quantitative estimate of drug-likeness (QED) is 0.855. The van der Waals surface area contributed by atoms with Gasteiger partial charge in [-0.05, 0) is 17.9 Å². The van der Waals surface area contributed by atoms with E-state index in [1.165, 1.54) is 0 Å². The summed E-state index contributed by atoms with van der Waals surface area (Å²) in [6.07, 6.45) is -0.0332. The molecule has 3 nitrogen and oxygen atoms in total. The van der Waals surface area contributed by atoms with Crippen LogP contribution in [0.4, 0.5) is 0 Å². The van der Waals surface area contributed by atoms with Gasteiger partial charge in [0.2, 0.25) is 0 Å². The summed E-state index contributed by atoms with van der Waals surface area (Å²) in [5, 5.41) is 10.6. The Labute approximate surface area is 116 Å². The van der Waals surface area contributed by atoms with Crippen LogP contribution < -0.4 is 4.74 Å². The van der Waals surface area contributed by atoms with E-state index in [0.29, 0.717) is 6.61 Å². The van der Waals surface area contributed by atoms with Crippen molar-refractivity contribution in [1.82, 2.24) is 0 Å². The largest absolute Gasteiger partial charge is 0.493 e. The summed E-state index contributed by atoms with van der Waals surface area (Å²) < 4.78 is 11.2. The van der Waals surface area contributed by atoms with Crippen LogP contribution in [0, 0.1) is 5.41 Å². The van der Waals surface area contributed by atoms with E-state index in [1.807, 2.05) is 24.3 Å². The first kappa shape index (κ1) is 16.0. The Morgan fingerprint density at radius 2 is 1.84 bits per heavy atom. The molecular weight excluding hydrogens is 240 g/mol. The molecule has 0 radical (unpaired) electrons. The molecule has 0 bridgehead atoms. The maximum absolute atomic E-state index is 10.6. The van der Waals surface area contributed by atoms with Gasteiger partial charge in [-0.1, -0.05) is 45.9 Å². The molecule has 1 aromatic carbocycles. The van der Waals surface area contributed by atoms with Gasteiger partial charge in [0, 0.05) is 12.7 Å². The minimum Gasteiger partial charge on any atom is -0.493 e. The molecule has 1 rings (SSSR count). The third-order valence-electron chi connectivity index (χ3n) is 3.09. The summed E-state index contributed by atoms with van der Waals surface area (Å²) in [5.74, 6) is 0.739. The highest BCUT2D eigenvalue weighted by Crippen LogP contribution is 2.36. The standard InChI is InChI=1S/C16H26O3/c1-6-11-19-13-10-8-7-9-12(13)14(17)15(18-5)16(2,3)4/h7-10,14-15,17H,6,11H2,1-5H3. The molecule has 0 aromatic heterocycles. The van der Waals surface area contributed by atoms with Crippen LogP contribution in [0.3, 0.4) is 0 Å². The number of methoxy groups -OCH3 is 1. The average Bonchev–Trinajstić information content (AvgIpc) is 2.35. The molecule has 19 heavy (non-hydrogen) atoms. The Kier molecular flexibility index (Phi) is 5.83. The van der Waals surface area contributed by atoms with E-state index in [1.54, 1.807) is 7.11 Å². The van der Waals surface area contributed by atoms with E-state index in [2.05, 4.69) is 27.7 Å². The molecule has 1 aromatic rings. The first-order valence-corrected chi connectivity index (χ1v) is 6.84. The van der Waals surface area contributed by atoms with Crippen molar-refractivity contribution in [1.29, 1.82) is 0 Å². The zero-order valence-electron chi connectivity index (χ0n) is 12.6. The van der Waals surface area contributed by atoms with Crippen LogP contribution >= 0.6 is 0 Å². The minimum atomic E-state index is -0.696. The van der Waals surface area contributed by atoms with Crippen molar-refractivity contribution in [3.05, 3.63) is 29.8 Å². The molecule has 0 heterocycles. The molecule has 0 fully saturated rings. The van der Waals surface area contributed by atoms with Crippen LogP contribution in [0.1, 0.15) is 45.8 Å². The summed E-state index contributed by atoms with van der Waals surface area (Å²) in [7, 11) is 1.63. The third kappa shape index (κ3) is 4.22. The molecule has 0 saturated carbocycles. The highest BCUT2D eigenvalue weighted by Gasteiger charge is 2.33. The number of benzene rings is 1. The summed E-state index contributed by atoms with van der Waals surface area (Å²) in [6, 6.07) is 7.61. The Morgan fingerprint density at radius 3 is 2.37 bits per heavy atom. The number of para-hydroxylation sites is 1. The maximum Gasteiger partial charge on any atom is 0.125 e. The van der Waals surface area contributed by atoms with Crippen molar-refractivity contribution in [3.8, 4) is 5.75 Å².